The number of methoxy groups -OCH3 is 1. The van der Waals surface area contributed by atoms with E-state index in [-0.39, 0.29) is 11.8 Å². The molecule has 1 aliphatic heterocycles. The molecule has 2 atom stereocenters. The summed E-state index contributed by atoms with van der Waals surface area (Å²) in [6.45, 7) is 0.877. The molecule has 0 spiro atoms. The number of likely N-dealkylation sites (N-methyl/N-ethyl adjacent to an activating group) is 1. The zero-order valence-electron chi connectivity index (χ0n) is 17.5. The summed E-state index contributed by atoms with van der Waals surface area (Å²) < 4.78 is 12.0. The minimum absolute atomic E-state index is 0.122. The molecule has 2 unspecified atom stereocenters. The van der Waals surface area contributed by atoms with Gasteiger partial charge in [0.15, 0.2) is 6.10 Å². The molecule has 2 amide bonds. The van der Waals surface area contributed by atoms with Crippen molar-refractivity contribution in [3.63, 3.8) is 0 Å². The Morgan fingerprint density at radius 3 is 2.81 bits per heavy atom. The fourth-order valence-corrected chi connectivity index (χ4v) is 4.90. The van der Waals surface area contributed by atoms with Crippen LogP contribution in [0, 0.1) is 0 Å². The van der Waals surface area contributed by atoms with Gasteiger partial charge in [0.2, 0.25) is 0 Å². The van der Waals surface area contributed by atoms with Gasteiger partial charge in [-0.25, -0.2) is 0 Å². The number of thiophene rings is 1. The molecule has 1 aromatic carbocycles. The van der Waals surface area contributed by atoms with Gasteiger partial charge in [-0.2, -0.15) is 0 Å². The second-order valence-corrected chi connectivity index (χ2v) is 8.80. The average molecular weight is 476 g/mol. The highest BCUT2D eigenvalue weighted by atomic mass is 35.5. The zero-order valence-corrected chi connectivity index (χ0v) is 19.1. The van der Waals surface area contributed by atoms with Gasteiger partial charge in [-0.1, -0.05) is 17.7 Å². The van der Waals surface area contributed by atoms with Crippen molar-refractivity contribution >= 4 is 45.0 Å². The number of halogens is 1. The lowest BCUT2D eigenvalue weighted by molar-refractivity contribution is -0.130. The highest BCUT2D eigenvalue weighted by Crippen LogP contribution is 2.37. The lowest BCUT2D eigenvalue weighted by Crippen LogP contribution is -2.28. The summed E-state index contributed by atoms with van der Waals surface area (Å²) in [5.41, 5.74) is 1.18. The maximum absolute atomic E-state index is 12.8. The molecular weight excluding hydrogens is 454 g/mol. The van der Waals surface area contributed by atoms with Crippen LogP contribution in [0.15, 0.2) is 36.5 Å². The van der Waals surface area contributed by atoms with Crippen molar-refractivity contribution in [3.05, 3.63) is 52.0 Å². The summed E-state index contributed by atoms with van der Waals surface area (Å²) >= 11 is 7.69. The largest absolute Gasteiger partial charge is 0.456 e. The first-order valence-electron chi connectivity index (χ1n) is 9.98. The average Bonchev–Trinajstić information content (AvgIpc) is 3.42. The summed E-state index contributed by atoms with van der Waals surface area (Å²) in [7, 11) is 2.97. The van der Waals surface area contributed by atoms with Crippen LogP contribution in [0.4, 0.5) is 0 Å². The second-order valence-electron chi connectivity index (χ2n) is 7.34. The molecule has 3 heterocycles. The first kappa shape index (κ1) is 22.5. The molecule has 8 nitrogen and oxygen atoms in total. The number of carbonyl (C=O) groups is 2. The molecule has 2 aromatic heterocycles. The maximum atomic E-state index is 12.8. The van der Waals surface area contributed by atoms with E-state index >= 15 is 0 Å². The molecule has 168 valence electrons. The van der Waals surface area contributed by atoms with Crippen LogP contribution in [0.3, 0.4) is 0 Å². The number of fused-ring (bicyclic) bond motifs is 1. The number of hydrogen-bond donors (Lipinski definition) is 2. The number of likely N-dealkylation sites (tertiary alicyclic amines) is 1. The molecule has 10 heteroatoms. The quantitative estimate of drug-likeness (QED) is 0.566. The normalized spacial score (nSPS) is 16.9. The van der Waals surface area contributed by atoms with E-state index in [2.05, 4.69) is 10.3 Å². The summed E-state index contributed by atoms with van der Waals surface area (Å²) in [6, 6.07) is 8.46. The van der Waals surface area contributed by atoms with Crippen LogP contribution in [-0.4, -0.2) is 60.2 Å². The van der Waals surface area contributed by atoms with Gasteiger partial charge < -0.3 is 24.8 Å². The van der Waals surface area contributed by atoms with E-state index in [4.69, 9.17) is 21.1 Å². The van der Waals surface area contributed by atoms with Gasteiger partial charge >= 0.3 is 0 Å². The number of nitrogens with zero attached hydrogens (tertiary/aromatic N) is 2. The number of aliphatic hydroxyl groups excluding tert-OH is 1. The third kappa shape index (κ3) is 4.42. The predicted octanol–water partition coefficient (Wildman–Crippen LogP) is 3.38. The number of rotatable bonds is 6. The molecule has 0 radical (unpaired) electrons. The number of aromatic nitrogens is 1. The molecular formula is C22H22ClN3O5S. The Kier molecular flexibility index (Phi) is 6.61. The van der Waals surface area contributed by atoms with E-state index in [1.54, 1.807) is 41.4 Å². The molecule has 32 heavy (non-hydrogen) atoms. The fourth-order valence-electron chi connectivity index (χ4n) is 3.60. The van der Waals surface area contributed by atoms with Crippen LogP contribution in [0.5, 0.6) is 11.5 Å². The lowest BCUT2D eigenvalue weighted by atomic mass is 10.1. The van der Waals surface area contributed by atoms with Gasteiger partial charge in [0.25, 0.3) is 11.8 Å². The summed E-state index contributed by atoms with van der Waals surface area (Å²) in [4.78, 5) is 31.3. The molecule has 1 fully saturated rings. The Labute approximate surface area is 193 Å². The third-order valence-electron chi connectivity index (χ3n) is 5.24. The highest BCUT2D eigenvalue weighted by molar-refractivity contribution is 7.21. The second kappa shape index (κ2) is 9.41. The van der Waals surface area contributed by atoms with E-state index in [0.717, 1.165) is 4.70 Å². The van der Waals surface area contributed by atoms with Crippen LogP contribution in [0.25, 0.3) is 10.2 Å². The zero-order chi connectivity index (χ0) is 22.8. The van der Waals surface area contributed by atoms with Gasteiger partial charge in [0, 0.05) is 45.1 Å². The SMILES string of the molecule is CNC(=O)C(OC)c1ccc(Oc2ccnc3cc(C(=O)N4CCC(O)C4)sc23)cc1Cl. The summed E-state index contributed by atoms with van der Waals surface area (Å²) in [5.74, 6) is 0.587. The number of hydrogen-bond acceptors (Lipinski definition) is 7. The Morgan fingerprint density at radius 1 is 1.34 bits per heavy atom. The molecule has 0 bridgehead atoms. The van der Waals surface area contributed by atoms with Gasteiger partial charge in [0.1, 0.15) is 11.5 Å². The number of nitrogens with one attached hydrogen (secondary N) is 1. The van der Waals surface area contributed by atoms with Crippen LogP contribution in [0.2, 0.25) is 5.02 Å². The van der Waals surface area contributed by atoms with Crippen molar-refractivity contribution in [1.29, 1.82) is 0 Å². The van der Waals surface area contributed by atoms with Crippen molar-refractivity contribution in [2.45, 2.75) is 18.6 Å². The Hall–Kier alpha value is -2.72. The number of β-amino-alcohol motifs (C(OH)–C–C–N with tert-alkyl or cyclic N) is 1. The minimum atomic E-state index is -0.829. The molecule has 1 aliphatic rings. The Bertz CT molecular complexity index is 1170. The number of ether oxygens (including phenoxy) is 2. The number of pyridine rings is 1. The smallest absolute Gasteiger partial charge is 0.264 e. The number of carbonyl (C=O) groups excluding carboxylic acids is 2. The van der Waals surface area contributed by atoms with Gasteiger partial charge in [-0.15, -0.1) is 11.3 Å². The number of benzene rings is 1. The lowest BCUT2D eigenvalue weighted by Gasteiger charge is -2.16. The fraction of sp³-hybridized carbons (Fsp3) is 0.318. The van der Waals surface area contributed by atoms with Gasteiger partial charge in [-0.3, -0.25) is 14.6 Å². The first-order chi connectivity index (χ1) is 15.4. The van der Waals surface area contributed by atoms with E-state index in [0.29, 0.717) is 52.0 Å². The van der Waals surface area contributed by atoms with Crippen LogP contribution in [-0.2, 0) is 9.53 Å². The minimum Gasteiger partial charge on any atom is -0.456 e. The molecule has 2 N–H and O–H groups in total. The van der Waals surface area contributed by atoms with Crippen LogP contribution in [0.1, 0.15) is 27.8 Å². The van der Waals surface area contributed by atoms with E-state index < -0.39 is 12.2 Å². The van der Waals surface area contributed by atoms with Crippen LogP contribution < -0.4 is 10.1 Å². The third-order valence-corrected chi connectivity index (χ3v) is 6.69. The van der Waals surface area contributed by atoms with Crippen molar-refractivity contribution in [2.75, 3.05) is 27.2 Å². The van der Waals surface area contributed by atoms with E-state index in [9.17, 15) is 14.7 Å². The molecule has 1 saturated heterocycles. The van der Waals surface area contributed by atoms with Crippen LogP contribution >= 0.6 is 22.9 Å². The van der Waals surface area contributed by atoms with Crippen molar-refractivity contribution < 1.29 is 24.2 Å². The molecule has 3 aromatic rings. The Balaban J connectivity index is 1.59. The number of amides is 2. The van der Waals surface area contributed by atoms with Crippen molar-refractivity contribution in [2.24, 2.45) is 0 Å². The maximum Gasteiger partial charge on any atom is 0.264 e. The summed E-state index contributed by atoms with van der Waals surface area (Å²) in [6.07, 6.45) is 0.897. The van der Waals surface area contributed by atoms with Gasteiger partial charge in [-0.05, 0) is 24.6 Å². The number of aliphatic hydroxyl groups is 1. The topological polar surface area (TPSA) is 101 Å². The Morgan fingerprint density at radius 2 is 2.16 bits per heavy atom. The van der Waals surface area contributed by atoms with E-state index in [1.807, 2.05) is 0 Å². The highest BCUT2D eigenvalue weighted by Gasteiger charge is 2.27. The summed E-state index contributed by atoms with van der Waals surface area (Å²) in [5, 5.41) is 12.6. The van der Waals surface area contributed by atoms with Gasteiger partial charge in [0.05, 0.1) is 26.2 Å². The molecule has 0 aliphatic carbocycles. The van der Waals surface area contributed by atoms with E-state index in [1.165, 1.54) is 25.5 Å². The monoisotopic (exact) mass is 475 g/mol. The molecule has 4 rings (SSSR count). The standard InChI is InChI=1S/C22H22ClN3O5S/c1-24-21(28)19(30-2)14-4-3-13(9-15(14)23)31-17-5-7-25-16-10-18(32-20(16)17)22(29)26-8-6-12(27)11-26/h3-5,7,9-10,12,19,27H,6,8,11H2,1-2H3,(H,24,28). The molecule has 0 saturated carbocycles. The first-order valence-corrected chi connectivity index (χ1v) is 11.2. The van der Waals surface area contributed by atoms with Crippen molar-refractivity contribution in [1.82, 2.24) is 15.2 Å². The predicted molar refractivity (Wildman–Crippen MR) is 121 cm³/mol. The van der Waals surface area contributed by atoms with Crippen molar-refractivity contribution in [3.8, 4) is 11.5 Å².